The van der Waals surface area contributed by atoms with Crippen LogP contribution in [-0.4, -0.2) is 10.3 Å². The number of fused-ring (bicyclic) bond motifs is 3. The van der Waals surface area contributed by atoms with E-state index in [1.54, 1.807) is 0 Å². The highest BCUT2D eigenvalue weighted by Gasteiger charge is 2.05. The third-order valence-corrected chi connectivity index (χ3v) is 2.44. The Balaban J connectivity index is 2.57. The van der Waals surface area contributed by atoms with Crippen LogP contribution in [0.2, 0.25) is 5.02 Å². The van der Waals surface area contributed by atoms with E-state index in [2.05, 4.69) is 14.9 Å². The van der Waals surface area contributed by atoms with E-state index in [1.807, 2.05) is 30.3 Å². The van der Waals surface area contributed by atoms with Crippen molar-refractivity contribution in [2.24, 2.45) is 0 Å². The van der Waals surface area contributed by atoms with Gasteiger partial charge in [-0.2, -0.15) is 0 Å². The first-order valence-corrected chi connectivity index (χ1v) is 4.53. The summed E-state index contributed by atoms with van der Waals surface area (Å²) >= 11 is 5.88. The Morgan fingerprint density at radius 3 is 2.93 bits per heavy atom. The van der Waals surface area contributed by atoms with Crippen LogP contribution in [0.15, 0.2) is 35.0 Å². The third kappa shape index (κ3) is 0.992. The zero-order valence-electron chi connectivity index (χ0n) is 7.07. The van der Waals surface area contributed by atoms with Crippen LogP contribution in [0.1, 0.15) is 0 Å². The molecule has 3 rings (SSSR count). The minimum absolute atomic E-state index is 0.716. The zero-order valence-corrected chi connectivity index (χ0v) is 7.82. The van der Waals surface area contributed by atoms with Gasteiger partial charge in [-0.05, 0) is 33.9 Å². The van der Waals surface area contributed by atoms with E-state index in [9.17, 15) is 0 Å². The molecule has 3 aromatic rings. The van der Waals surface area contributed by atoms with Gasteiger partial charge in [0.15, 0.2) is 0 Å². The van der Waals surface area contributed by atoms with Crippen LogP contribution in [-0.2, 0) is 0 Å². The summed E-state index contributed by atoms with van der Waals surface area (Å²) < 4.78 is 4.67. The second-order valence-electron chi connectivity index (χ2n) is 3.06. The average molecular weight is 205 g/mol. The highest BCUT2D eigenvalue weighted by Crippen LogP contribution is 2.25. The van der Waals surface area contributed by atoms with Crippen LogP contribution in [0.25, 0.3) is 21.8 Å². The Kier molecular flexibility index (Phi) is 1.49. The van der Waals surface area contributed by atoms with Gasteiger partial charge in [0.25, 0.3) is 0 Å². The Morgan fingerprint density at radius 2 is 2.00 bits per heavy atom. The number of rotatable bonds is 0. The Morgan fingerprint density at radius 1 is 1.07 bits per heavy atom. The monoisotopic (exact) mass is 204 g/mol. The van der Waals surface area contributed by atoms with Crippen molar-refractivity contribution >= 4 is 33.4 Å². The molecule has 0 fully saturated rings. The van der Waals surface area contributed by atoms with Crippen molar-refractivity contribution in [2.75, 3.05) is 0 Å². The van der Waals surface area contributed by atoms with Crippen molar-refractivity contribution in [3.8, 4) is 0 Å². The van der Waals surface area contributed by atoms with Gasteiger partial charge in [0.05, 0.1) is 0 Å². The van der Waals surface area contributed by atoms with Gasteiger partial charge in [-0.3, -0.25) is 0 Å². The fourth-order valence-corrected chi connectivity index (χ4v) is 1.73. The minimum atomic E-state index is 0.716. The first kappa shape index (κ1) is 7.76. The molecule has 0 aliphatic carbocycles. The van der Waals surface area contributed by atoms with Gasteiger partial charge in [-0.15, -0.1) is 0 Å². The largest absolute Gasteiger partial charge is 0.243 e. The normalized spacial score (nSPS) is 11.2. The van der Waals surface area contributed by atoms with Gasteiger partial charge in [-0.25, -0.2) is 4.63 Å². The first-order chi connectivity index (χ1) is 6.84. The molecule has 0 atom stereocenters. The standard InChI is InChI=1S/C10H5ClN2O/c11-7-2-3-8-6(5-7)1-4-9-10(8)13-14-12-9/h1-5H. The van der Waals surface area contributed by atoms with E-state index in [4.69, 9.17) is 11.6 Å². The summed E-state index contributed by atoms with van der Waals surface area (Å²) in [6.45, 7) is 0. The molecule has 0 saturated carbocycles. The predicted molar refractivity (Wildman–Crippen MR) is 54.3 cm³/mol. The fraction of sp³-hybridized carbons (Fsp3) is 0. The first-order valence-electron chi connectivity index (χ1n) is 4.15. The molecule has 68 valence electrons. The van der Waals surface area contributed by atoms with Crippen molar-refractivity contribution in [3.63, 3.8) is 0 Å². The lowest BCUT2D eigenvalue weighted by molar-refractivity contribution is 0.316. The summed E-state index contributed by atoms with van der Waals surface area (Å²) in [6, 6.07) is 9.46. The Hall–Kier alpha value is -1.61. The van der Waals surface area contributed by atoms with Gasteiger partial charge in [-0.1, -0.05) is 23.7 Å². The van der Waals surface area contributed by atoms with E-state index in [0.717, 1.165) is 21.8 Å². The lowest BCUT2D eigenvalue weighted by atomic mass is 10.1. The van der Waals surface area contributed by atoms with Crippen LogP contribution < -0.4 is 0 Å². The highest BCUT2D eigenvalue weighted by atomic mass is 35.5. The van der Waals surface area contributed by atoms with E-state index in [1.165, 1.54) is 0 Å². The summed E-state index contributed by atoms with van der Waals surface area (Å²) in [5.41, 5.74) is 1.54. The summed E-state index contributed by atoms with van der Waals surface area (Å²) in [5.74, 6) is 0. The molecule has 0 unspecified atom stereocenters. The Bertz CT molecular complexity index is 618. The van der Waals surface area contributed by atoms with Crippen molar-refractivity contribution < 1.29 is 4.63 Å². The number of benzene rings is 2. The van der Waals surface area contributed by atoms with Crippen LogP contribution in [0.5, 0.6) is 0 Å². The average Bonchev–Trinajstić information content (AvgIpc) is 2.65. The molecule has 1 heterocycles. The van der Waals surface area contributed by atoms with Crippen molar-refractivity contribution in [2.45, 2.75) is 0 Å². The van der Waals surface area contributed by atoms with Gasteiger partial charge >= 0.3 is 0 Å². The number of hydrogen-bond donors (Lipinski definition) is 0. The van der Waals surface area contributed by atoms with E-state index >= 15 is 0 Å². The van der Waals surface area contributed by atoms with Gasteiger partial charge in [0, 0.05) is 10.4 Å². The van der Waals surface area contributed by atoms with E-state index in [0.29, 0.717) is 5.02 Å². The maximum absolute atomic E-state index is 5.88. The molecule has 0 aliphatic rings. The molecule has 0 spiro atoms. The number of nitrogens with zero attached hydrogens (tertiary/aromatic N) is 2. The van der Waals surface area contributed by atoms with Crippen molar-refractivity contribution in [3.05, 3.63) is 35.4 Å². The molecule has 0 saturated heterocycles. The molecule has 3 nitrogen and oxygen atoms in total. The SMILES string of the molecule is Clc1ccc2c(ccc3nonc32)c1. The summed E-state index contributed by atoms with van der Waals surface area (Å²) in [7, 11) is 0. The maximum Gasteiger partial charge on any atom is 0.143 e. The molecular weight excluding hydrogens is 200 g/mol. The van der Waals surface area contributed by atoms with E-state index < -0.39 is 0 Å². The molecule has 0 aliphatic heterocycles. The van der Waals surface area contributed by atoms with Gasteiger partial charge in [0.2, 0.25) is 0 Å². The minimum Gasteiger partial charge on any atom is -0.243 e. The second-order valence-corrected chi connectivity index (χ2v) is 3.50. The zero-order chi connectivity index (χ0) is 9.54. The molecule has 1 aromatic heterocycles. The van der Waals surface area contributed by atoms with Crippen molar-refractivity contribution in [1.82, 2.24) is 10.3 Å². The summed E-state index contributed by atoms with van der Waals surface area (Å²) in [4.78, 5) is 0. The molecule has 2 aromatic carbocycles. The smallest absolute Gasteiger partial charge is 0.143 e. The topological polar surface area (TPSA) is 38.9 Å². The van der Waals surface area contributed by atoms with Crippen LogP contribution in [0.3, 0.4) is 0 Å². The second kappa shape index (κ2) is 2.69. The lowest BCUT2D eigenvalue weighted by Crippen LogP contribution is -1.75. The number of halogens is 1. The van der Waals surface area contributed by atoms with Gasteiger partial charge in [0.1, 0.15) is 11.0 Å². The van der Waals surface area contributed by atoms with E-state index in [-0.39, 0.29) is 0 Å². The quantitative estimate of drug-likeness (QED) is 0.565. The molecule has 0 amide bonds. The third-order valence-electron chi connectivity index (χ3n) is 2.20. The maximum atomic E-state index is 5.88. The highest BCUT2D eigenvalue weighted by molar-refractivity contribution is 6.31. The van der Waals surface area contributed by atoms with Crippen LogP contribution in [0, 0.1) is 0 Å². The molecule has 14 heavy (non-hydrogen) atoms. The molecule has 0 bridgehead atoms. The predicted octanol–water partition coefficient (Wildman–Crippen LogP) is 3.03. The van der Waals surface area contributed by atoms with Crippen LogP contribution in [0.4, 0.5) is 0 Å². The molecule has 0 radical (unpaired) electrons. The number of hydrogen-bond acceptors (Lipinski definition) is 3. The summed E-state index contributed by atoms with van der Waals surface area (Å²) in [5, 5.41) is 10.4. The lowest BCUT2D eigenvalue weighted by Gasteiger charge is -1.96. The molecule has 4 heteroatoms. The summed E-state index contributed by atoms with van der Waals surface area (Å²) in [6.07, 6.45) is 0. The molecular formula is C10H5ClN2O. The van der Waals surface area contributed by atoms with Gasteiger partial charge < -0.3 is 0 Å². The fourth-order valence-electron chi connectivity index (χ4n) is 1.55. The number of aromatic nitrogens is 2. The van der Waals surface area contributed by atoms with Crippen LogP contribution >= 0.6 is 11.6 Å². The van der Waals surface area contributed by atoms with Crippen molar-refractivity contribution in [1.29, 1.82) is 0 Å². The molecule has 0 N–H and O–H groups in total. The Labute approximate surface area is 84.2 Å².